The number of hydrogen-bond acceptors (Lipinski definition) is 1. The van der Waals surface area contributed by atoms with Crippen LogP contribution in [0.15, 0.2) is 0 Å². The molecule has 1 aliphatic carbocycles. The van der Waals surface area contributed by atoms with Crippen molar-refractivity contribution in [2.24, 2.45) is 0 Å². The lowest BCUT2D eigenvalue weighted by atomic mass is 9.95. The molecule has 0 N–H and O–H groups in total. The zero-order valence-electron chi connectivity index (χ0n) is 10.5. The fraction of sp³-hybridized carbons (Fsp3) is 0.769. The summed E-state index contributed by atoms with van der Waals surface area (Å²) < 4.78 is 2.22. The van der Waals surface area contributed by atoms with Crippen LogP contribution in [0.4, 0.5) is 0 Å². The second kappa shape index (κ2) is 4.79. The highest BCUT2D eigenvalue weighted by Crippen LogP contribution is 2.33. The summed E-state index contributed by atoms with van der Waals surface area (Å²) in [5.74, 6) is 0. The summed E-state index contributed by atoms with van der Waals surface area (Å²) in [6.45, 7) is 6.26. The van der Waals surface area contributed by atoms with E-state index in [4.69, 9.17) is 11.6 Å². The average Bonchev–Trinajstić information content (AvgIpc) is 2.55. The van der Waals surface area contributed by atoms with Crippen molar-refractivity contribution in [3.05, 3.63) is 17.0 Å². The summed E-state index contributed by atoms with van der Waals surface area (Å²) in [6.07, 6.45) is 6.62. The maximum absolute atomic E-state index is 6.21. The predicted molar refractivity (Wildman–Crippen MR) is 68.1 cm³/mol. The normalized spacial score (nSPS) is 20.0. The van der Waals surface area contributed by atoms with Gasteiger partial charge in [0.1, 0.15) is 0 Å². The van der Waals surface area contributed by atoms with Gasteiger partial charge in [0.25, 0.3) is 0 Å². The van der Waals surface area contributed by atoms with Gasteiger partial charge in [-0.2, -0.15) is 5.10 Å². The number of alkyl halides is 1. The summed E-state index contributed by atoms with van der Waals surface area (Å²) in [6, 6.07) is 0.608. The molecule has 0 amide bonds. The Morgan fingerprint density at radius 1 is 1.25 bits per heavy atom. The molecule has 1 fully saturated rings. The molecule has 90 valence electrons. The van der Waals surface area contributed by atoms with Crippen molar-refractivity contribution in [1.82, 2.24) is 9.78 Å². The van der Waals surface area contributed by atoms with Gasteiger partial charge in [0.2, 0.25) is 0 Å². The van der Waals surface area contributed by atoms with E-state index in [1.807, 2.05) is 6.92 Å². The van der Waals surface area contributed by atoms with E-state index in [0.29, 0.717) is 6.04 Å². The zero-order chi connectivity index (χ0) is 11.7. The summed E-state index contributed by atoms with van der Waals surface area (Å²) >= 11 is 6.21. The minimum Gasteiger partial charge on any atom is -0.266 e. The third-order valence-corrected chi connectivity index (χ3v) is 3.92. The third kappa shape index (κ3) is 2.13. The lowest BCUT2D eigenvalue weighted by molar-refractivity contribution is 0.324. The summed E-state index contributed by atoms with van der Waals surface area (Å²) in [5, 5.41) is 4.75. The fourth-order valence-corrected chi connectivity index (χ4v) is 3.25. The second-order valence-electron chi connectivity index (χ2n) is 4.94. The van der Waals surface area contributed by atoms with Crippen molar-refractivity contribution in [1.29, 1.82) is 0 Å². The van der Waals surface area contributed by atoms with Crippen LogP contribution in [0.5, 0.6) is 0 Å². The Bertz CT molecular complexity index is 362. The molecule has 0 spiro atoms. The standard InChI is InChI=1S/C13H21ClN2/c1-9(14)13-10(2)15-16(11(13)3)12-7-5-4-6-8-12/h9,12H,4-8H2,1-3H3. The van der Waals surface area contributed by atoms with Gasteiger partial charge in [-0.3, -0.25) is 4.68 Å². The van der Waals surface area contributed by atoms with E-state index in [-0.39, 0.29) is 5.38 Å². The van der Waals surface area contributed by atoms with Crippen molar-refractivity contribution in [2.45, 2.75) is 64.3 Å². The molecule has 0 radical (unpaired) electrons. The van der Waals surface area contributed by atoms with E-state index < -0.39 is 0 Å². The first-order valence-electron chi connectivity index (χ1n) is 6.31. The van der Waals surface area contributed by atoms with Gasteiger partial charge in [-0.1, -0.05) is 19.3 Å². The predicted octanol–water partition coefficient (Wildman–Crippen LogP) is 4.30. The van der Waals surface area contributed by atoms with Crippen molar-refractivity contribution in [2.75, 3.05) is 0 Å². The average molecular weight is 241 g/mol. The van der Waals surface area contributed by atoms with Crippen molar-refractivity contribution < 1.29 is 0 Å². The van der Waals surface area contributed by atoms with Crippen LogP contribution in [0.3, 0.4) is 0 Å². The maximum atomic E-state index is 6.21. The Balaban J connectivity index is 2.30. The van der Waals surface area contributed by atoms with Crippen LogP contribution in [-0.2, 0) is 0 Å². The first-order chi connectivity index (χ1) is 7.61. The molecule has 0 saturated heterocycles. The molecule has 1 aromatic heterocycles. The molecule has 0 aromatic carbocycles. The lowest BCUT2D eigenvalue weighted by Crippen LogP contribution is -2.15. The van der Waals surface area contributed by atoms with Crippen LogP contribution in [0.1, 0.15) is 67.4 Å². The van der Waals surface area contributed by atoms with E-state index in [9.17, 15) is 0 Å². The molecule has 0 aliphatic heterocycles. The molecule has 1 aliphatic rings. The maximum Gasteiger partial charge on any atom is 0.0643 e. The Morgan fingerprint density at radius 2 is 1.88 bits per heavy atom. The molecule has 1 unspecified atom stereocenters. The van der Waals surface area contributed by atoms with Crippen LogP contribution in [0.2, 0.25) is 0 Å². The van der Waals surface area contributed by atoms with Crippen LogP contribution in [-0.4, -0.2) is 9.78 Å². The second-order valence-corrected chi connectivity index (χ2v) is 5.59. The number of hydrogen-bond donors (Lipinski definition) is 0. The van der Waals surface area contributed by atoms with Gasteiger partial charge in [0.05, 0.1) is 17.1 Å². The van der Waals surface area contributed by atoms with Crippen molar-refractivity contribution in [3.8, 4) is 0 Å². The van der Waals surface area contributed by atoms with E-state index in [1.165, 1.54) is 43.4 Å². The van der Waals surface area contributed by atoms with Gasteiger partial charge in [-0.25, -0.2) is 0 Å². The van der Waals surface area contributed by atoms with E-state index in [0.717, 1.165) is 5.69 Å². The number of aryl methyl sites for hydroxylation is 1. The van der Waals surface area contributed by atoms with Gasteiger partial charge in [0, 0.05) is 11.3 Å². The van der Waals surface area contributed by atoms with E-state index in [1.54, 1.807) is 0 Å². The summed E-state index contributed by atoms with van der Waals surface area (Å²) in [5.41, 5.74) is 3.60. The van der Waals surface area contributed by atoms with Gasteiger partial charge in [-0.15, -0.1) is 11.6 Å². The van der Waals surface area contributed by atoms with Crippen LogP contribution in [0.25, 0.3) is 0 Å². The first-order valence-corrected chi connectivity index (χ1v) is 6.74. The van der Waals surface area contributed by atoms with Gasteiger partial charge >= 0.3 is 0 Å². The molecule has 1 saturated carbocycles. The quantitative estimate of drug-likeness (QED) is 0.705. The number of nitrogens with zero attached hydrogens (tertiary/aromatic N) is 2. The lowest BCUT2D eigenvalue weighted by Gasteiger charge is -2.23. The van der Waals surface area contributed by atoms with E-state index in [2.05, 4.69) is 23.6 Å². The summed E-state index contributed by atoms with van der Waals surface area (Å²) in [7, 11) is 0. The Morgan fingerprint density at radius 3 is 2.38 bits per heavy atom. The molecule has 2 nitrogen and oxygen atoms in total. The summed E-state index contributed by atoms with van der Waals surface area (Å²) in [4.78, 5) is 0. The van der Waals surface area contributed by atoms with Crippen molar-refractivity contribution >= 4 is 11.6 Å². The minimum absolute atomic E-state index is 0.0670. The Kier molecular flexibility index (Phi) is 3.58. The van der Waals surface area contributed by atoms with Crippen LogP contribution < -0.4 is 0 Å². The van der Waals surface area contributed by atoms with Gasteiger partial charge in [-0.05, 0) is 33.6 Å². The topological polar surface area (TPSA) is 17.8 Å². The molecule has 16 heavy (non-hydrogen) atoms. The number of rotatable bonds is 2. The van der Waals surface area contributed by atoms with Crippen LogP contribution >= 0.6 is 11.6 Å². The molecule has 2 rings (SSSR count). The minimum atomic E-state index is 0.0670. The molecule has 1 aromatic rings. The Hall–Kier alpha value is -0.500. The SMILES string of the molecule is Cc1nn(C2CCCCC2)c(C)c1C(C)Cl. The van der Waals surface area contributed by atoms with E-state index >= 15 is 0 Å². The first kappa shape index (κ1) is 12.0. The molecular formula is C13H21ClN2. The van der Waals surface area contributed by atoms with Gasteiger partial charge < -0.3 is 0 Å². The van der Waals surface area contributed by atoms with Crippen molar-refractivity contribution in [3.63, 3.8) is 0 Å². The molecule has 3 heteroatoms. The highest BCUT2D eigenvalue weighted by molar-refractivity contribution is 6.20. The third-order valence-electron chi connectivity index (χ3n) is 3.70. The molecule has 0 bridgehead atoms. The smallest absolute Gasteiger partial charge is 0.0643 e. The monoisotopic (exact) mass is 240 g/mol. The van der Waals surface area contributed by atoms with Crippen LogP contribution in [0, 0.1) is 13.8 Å². The number of aromatic nitrogens is 2. The molecular weight excluding hydrogens is 220 g/mol. The highest BCUT2D eigenvalue weighted by atomic mass is 35.5. The Labute approximate surface area is 103 Å². The van der Waals surface area contributed by atoms with Gasteiger partial charge in [0.15, 0.2) is 0 Å². The zero-order valence-corrected chi connectivity index (χ0v) is 11.2. The highest BCUT2D eigenvalue weighted by Gasteiger charge is 2.22. The molecule has 1 atom stereocenters. The largest absolute Gasteiger partial charge is 0.266 e. The number of halogens is 1. The molecule has 1 heterocycles. The fourth-order valence-electron chi connectivity index (χ4n) is 2.93.